The summed E-state index contributed by atoms with van der Waals surface area (Å²) in [6.45, 7) is 0.693. The van der Waals surface area contributed by atoms with Crippen LogP contribution in [0.5, 0.6) is 0 Å². The number of hydrogen-bond donors (Lipinski definition) is 1. The summed E-state index contributed by atoms with van der Waals surface area (Å²) in [6, 6.07) is 13.4. The molecule has 4 nitrogen and oxygen atoms in total. The van der Waals surface area contributed by atoms with Gasteiger partial charge in [-0.15, -0.1) is 0 Å². The molecule has 0 spiro atoms. The molecule has 0 amide bonds. The van der Waals surface area contributed by atoms with E-state index < -0.39 is 0 Å². The van der Waals surface area contributed by atoms with Crippen LogP contribution in [0.4, 0.5) is 21.5 Å². The number of azo groups is 1. The first-order valence-corrected chi connectivity index (χ1v) is 6.28. The zero-order chi connectivity index (χ0) is 14.4. The Morgan fingerprint density at radius 3 is 1.95 bits per heavy atom. The molecule has 2 aromatic rings. The molecule has 0 aliphatic heterocycles. The van der Waals surface area contributed by atoms with Crippen molar-refractivity contribution in [1.29, 1.82) is 0 Å². The Kier molecular flexibility index (Phi) is 4.79. The van der Waals surface area contributed by atoms with E-state index in [4.69, 9.17) is 5.11 Å². The van der Waals surface area contributed by atoms with Gasteiger partial charge in [0.2, 0.25) is 0 Å². The van der Waals surface area contributed by atoms with E-state index in [1.165, 1.54) is 12.1 Å². The average Bonchev–Trinajstić information content (AvgIpc) is 2.47. The van der Waals surface area contributed by atoms with Crippen molar-refractivity contribution in [2.24, 2.45) is 10.2 Å². The first-order valence-electron chi connectivity index (χ1n) is 6.28. The summed E-state index contributed by atoms with van der Waals surface area (Å²) in [5, 5.41) is 17.0. The molecule has 0 aliphatic rings. The van der Waals surface area contributed by atoms with Crippen molar-refractivity contribution in [3.63, 3.8) is 0 Å². The molecular formula is C15H16FN3O. The van der Waals surface area contributed by atoms with E-state index >= 15 is 0 Å². The van der Waals surface area contributed by atoms with E-state index in [1.54, 1.807) is 12.1 Å². The van der Waals surface area contributed by atoms with E-state index in [2.05, 4.69) is 10.2 Å². The highest BCUT2D eigenvalue weighted by Gasteiger charge is 1.99. The molecule has 0 radical (unpaired) electrons. The summed E-state index contributed by atoms with van der Waals surface area (Å²) in [5.74, 6) is -0.291. The van der Waals surface area contributed by atoms with Crippen LogP contribution in [-0.4, -0.2) is 25.3 Å². The fourth-order valence-corrected chi connectivity index (χ4v) is 1.68. The number of benzene rings is 2. The molecule has 104 valence electrons. The van der Waals surface area contributed by atoms with Gasteiger partial charge < -0.3 is 10.0 Å². The van der Waals surface area contributed by atoms with Crippen molar-refractivity contribution in [1.82, 2.24) is 0 Å². The predicted molar refractivity (Wildman–Crippen MR) is 77.4 cm³/mol. The summed E-state index contributed by atoms with van der Waals surface area (Å²) in [6.07, 6.45) is 0. The van der Waals surface area contributed by atoms with Gasteiger partial charge in [0.05, 0.1) is 18.0 Å². The predicted octanol–water partition coefficient (Wildman–Crippen LogP) is 3.67. The molecule has 0 saturated heterocycles. The van der Waals surface area contributed by atoms with Gasteiger partial charge in [0.1, 0.15) is 5.82 Å². The van der Waals surface area contributed by atoms with Crippen molar-refractivity contribution in [3.05, 3.63) is 54.3 Å². The largest absolute Gasteiger partial charge is 0.395 e. The van der Waals surface area contributed by atoms with Gasteiger partial charge in [-0.3, -0.25) is 0 Å². The van der Waals surface area contributed by atoms with Crippen LogP contribution in [-0.2, 0) is 0 Å². The first-order chi connectivity index (χ1) is 9.69. The third-order valence-electron chi connectivity index (χ3n) is 2.83. The second kappa shape index (κ2) is 6.77. The molecule has 0 fully saturated rings. The molecule has 2 aromatic carbocycles. The number of aliphatic hydroxyl groups excluding tert-OH is 1. The molecule has 0 aliphatic carbocycles. The van der Waals surface area contributed by atoms with Crippen molar-refractivity contribution < 1.29 is 9.50 Å². The monoisotopic (exact) mass is 273 g/mol. The fraction of sp³-hybridized carbons (Fsp3) is 0.200. The van der Waals surface area contributed by atoms with Gasteiger partial charge in [0, 0.05) is 19.3 Å². The van der Waals surface area contributed by atoms with E-state index in [0.717, 1.165) is 11.4 Å². The zero-order valence-electron chi connectivity index (χ0n) is 11.2. The standard InChI is InChI=1S/C15H16FN3O/c1-19(10-11-20)15-8-6-14(7-9-15)18-17-13-4-2-12(16)3-5-13/h2-9,20H,10-11H2,1H3. The van der Waals surface area contributed by atoms with Crippen LogP contribution < -0.4 is 4.90 Å². The summed E-state index contributed by atoms with van der Waals surface area (Å²) in [4.78, 5) is 1.95. The maximum absolute atomic E-state index is 12.7. The molecule has 0 bridgehead atoms. The quantitative estimate of drug-likeness (QED) is 0.845. The molecule has 20 heavy (non-hydrogen) atoms. The number of aliphatic hydroxyl groups is 1. The van der Waals surface area contributed by atoms with Crippen molar-refractivity contribution in [2.75, 3.05) is 25.1 Å². The second-order valence-electron chi connectivity index (χ2n) is 4.34. The number of rotatable bonds is 5. The van der Waals surface area contributed by atoms with Crippen LogP contribution in [0.1, 0.15) is 0 Å². The highest BCUT2D eigenvalue weighted by atomic mass is 19.1. The van der Waals surface area contributed by atoms with Crippen LogP contribution in [0, 0.1) is 5.82 Å². The van der Waals surface area contributed by atoms with Gasteiger partial charge in [-0.2, -0.15) is 10.2 Å². The zero-order valence-corrected chi connectivity index (χ0v) is 11.2. The van der Waals surface area contributed by atoms with Gasteiger partial charge in [-0.05, 0) is 48.5 Å². The lowest BCUT2D eigenvalue weighted by atomic mass is 10.2. The second-order valence-corrected chi connectivity index (χ2v) is 4.34. The van der Waals surface area contributed by atoms with Crippen LogP contribution in [0.2, 0.25) is 0 Å². The summed E-state index contributed by atoms with van der Waals surface area (Å²) in [7, 11) is 1.91. The Morgan fingerprint density at radius 1 is 0.950 bits per heavy atom. The van der Waals surface area contributed by atoms with Gasteiger partial charge in [0.25, 0.3) is 0 Å². The van der Waals surface area contributed by atoms with Gasteiger partial charge in [-0.1, -0.05) is 0 Å². The maximum atomic E-state index is 12.7. The van der Waals surface area contributed by atoms with Gasteiger partial charge >= 0.3 is 0 Å². The third-order valence-corrected chi connectivity index (χ3v) is 2.83. The van der Waals surface area contributed by atoms with E-state index in [9.17, 15) is 4.39 Å². The van der Waals surface area contributed by atoms with Crippen LogP contribution in [0.25, 0.3) is 0 Å². The Bertz CT molecular complexity index is 567. The summed E-state index contributed by atoms with van der Waals surface area (Å²) < 4.78 is 12.7. The topological polar surface area (TPSA) is 48.2 Å². The molecule has 0 heterocycles. The van der Waals surface area contributed by atoms with Gasteiger partial charge in [0.15, 0.2) is 0 Å². The lowest BCUT2D eigenvalue weighted by Gasteiger charge is -2.17. The number of halogens is 1. The molecule has 0 saturated carbocycles. The van der Waals surface area contributed by atoms with E-state index in [-0.39, 0.29) is 12.4 Å². The molecule has 0 aromatic heterocycles. The highest BCUT2D eigenvalue weighted by Crippen LogP contribution is 2.21. The number of likely N-dealkylation sites (N-methyl/N-ethyl adjacent to an activating group) is 1. The normalized spacial score (nSPS) is 10.9. The summed E-state index contributed by atoms with van der Waals surface area (Å²) in [5.41, 5.74) is 2.32. The minimum atomic E-state index is -0.291. The SMILES string of the molecule is CN(CCO)c1ccc(N=Nc2ccc(F)cc2)cc1. The smallest absolute Gasteiger partial charge is 0.123 e. The van der Waals surface area contributed by atoms with E-state index in [0.29, 0.717) is 12.2 Å². The Morgan fingerprint density at radius 2 is 1.45 bits per heavy atom. The minimum absolute atomic E-state index is 0.114. The highest BCUT2D eigenvalue weighted by molar-refractivity contribution is 5.52. The van der Waals surface area contributed by atoms with Crippen molar-refractivity contribution >= 4 is 17.1 Å². The number of nitrogens with zero attached hydrogens (tertiary/aromatic N) is 3. The Balaban J connectivity index is 2.05. The number of hydrogen-bond acceptors (Lipinski definition) is 4. The van der Waals surface area contributed by atoms with Crippen LogP contribution >= 0.6 is 0 Å². The lowest BCUT2D eigenvalue weighted by molar-refractivity contribution is 0.304. The maximum Gasteiger partial charge on any atom is 0.123 e. The van der Waals surface area contributed by atoms with Crippen molar-refractivity contribution in [3.8, 4) is 0 Å². The fourth-order valence-electron chi connectivity index (χ4n) is 1.68. The van der Waals surface area contributed by atoms with Crippen LogP contribution in [0.3, 0.4) is 0 Å². The first kappa shape index (κ1) is 14.1. The lowest BCUT2D eigenvalue weighted by Crippen LogP contribution is -2.20. The van der Waals surface area contributed by atoms with Crippen molar-refractivity contribution in [2.45, 2.75) is 0 Å². The molecule has 0 atom stereocenters. The van der Waals surface area contributed by atoms with Gasteiger partial charge in [-0.25, -0.2) is 4.39 Å². The Hall–Kier alpha value is -2.27. The van der Waals surface area contributed by atoms with Crippen LogP contribution in [0.15, 0.2) is 58.8 Å². The minimum Gasteiger partial charge on any atom is -0.395 e. The summed E-state index contributed by atoms with van der Waals surface area (Å²) >= 11 is 0. The third kappa shape index (κ3) is 3.86. The Labute approximate surface area is 117 Å². The molecule has 2 rings (SSSR count). The molecule has 5 heteroatoms. The molecule has 1 N–H and O–H groups in total. The van der Waals surface area contributed by atoms with E-state index in [1.807, 2.05) is 36.2 Å². The molecule has 0 unspecified atom stereocenters. The average molecular weight is 273 g/mol. The molecular weight excluding hydrogens is 257 g/mol. The number of anilines is 1.